The van der Waals surface area contributed by atoms with Crippen molar-refractivity contribution in [1.29, 1.82) is 0 Å². The summed E-state index contributed by atoms with van der Waals surface area (Å²) in [7, 11) is 0. The summed E-state index contributed by atoms with van der Waals surface area (Å²) in [5, 5.41) is -0.404. The maximum atomic E-state index is 10.8. The second-order valence-electron chi connectivity index (χ2n) is 2.37. The Morgan fingerprint density at radius 2 is 2.08 bits per heavy atom. The number of esters is 1. The summed E-state index contributed by atoms with van der Waals surface area (Å²) >= 11 is 3.24. The fourth-order valence-electron chi connectivity index (χ4n) is 0.822. The van der Waals surface area contributed by atoms with Crippen LogP contribution in [0.1, 0.15) is 10.6 Å². The van der Waals surface area contributed by atoms with Crippen LogP contribution in [0.4, 0.5) is 0 Å². The normalized spacial score (nSPS) is 11.8. The maximum Gasteiger partial charge on any atom is 0.331 e. The first-order valence-electron chi connectivity index (χ1n) is 3.76. The maximum absolute atomic E-state index is 10.8. The second-order valence-corrected chi connectivity index (χ2v) is 3.20. The molecule has 13 heavy (non-hydrogen) atoms. The van der Waals surface area contributed by atoms with E-state index >= 15 is 0 Å². The molecule has 1 atom stereocenters. The third-order valence-electron chi connectivity index (χ3n) is 1.45. The standard InChI is InChI=1S/C10H9BrO2/c1-2-9(12)13-10(11)8-6-4-3-5-7-8/h2-7,10H,1H2. The molecule has 0 spiro atoms. The van der Waals surface area contributed by atoms with Crippen LogP contribution in [0.25, 0.3) is 0 Å². The lowest BCUT2D eigenvalue weighted by Crippen LogP contribution is -2.02. The Morgan fingerprint density at radius 1 is 1.46 bits per heavy atom. The van der Waals surface area contributed by atoms with E-state index in [0.29, 0.717) is 0 Å². The number of hydrogen-bond donors (Lipinski definition) is 0. The molecule has 0 bridgehead atoms. The van der Waals surface area contributed by atoms with E-state index < -0.39 is 11.0 Å². The molecule has 0 radical (unpaired) electrons. The van der Waals surface area contributed by atoms with E-state index in [4.69, 9.17) is 4.74 Å². The highest BCUT2D eigenvalue weighted by molar-refractivity contribution is 9.09. The molecule has 0 aliphatic rings. The highest BCUT2D eigenvalue weighted by atomic mass is 79.9. The molecule has 1 aromatic carbocycles. The molecule has 0 aromatic heterocycles. The molecule has 0 aliphatic heterocycles. The summed E-state index contributed by atoms with van der Waals surface area (Å²) in [6, 6.07) is 9.40. The van der Waals surface area contributed by atoms with Crippen molar-refractivity contribution in [3.8, 4) is 0 Å². The second kappa shape index (κ2) is 4.82. The summed E-state index contributed by atoms with van der Waals surface area (Å²) in [4.78, 5) is 10.8. The predicted molar refractivity (Wildman–Crippen MR) is 54.4 cm³/mol. The highest BCUT2D eigenvalue weighted by Crippen LogP contribution is 2.23. The molecule has 0 amide bonds. The molecule has 2 nitrogen and oxygen atoms in total. The van der Waals surface area contributed by atoms with Gasteiger partial charge in [-0.2, -0.15) is 0 Å². The minimum Gasteiger partial charge on any atom is -0.443 e. The van der Waals surface area contributed by atoms with E-state index in [1.165, 1.54) is 0 Å². The van der Waals surface area contributed by atoms with Gasteiger partial charge in [-0.3, -0.25) is 0 Å². The zero-order valence-corrected chi connectivity index (χ0v) is 8.53. The monoisotopic (exact) mass is 240 g/mol. The molecular formula is C10H9BrO2. The quantitative estimate of drug-likeness (QED) is 0.462. The number of ether oxygens (including phenoxy) is 1. The van der Waals surface area contributed by atoms with Crippen LogP contribution >= 0.6 is 15.9 Å². The van der Waals surface area contributed by atoms with Gasteiger partial charge in [-0.05, 0) is 15.9 Å². The first kappa shape index (κ1) is 9.99. The van der Waals surface area contributed by atoms with Gasteiger partial charge in [0.05, 0.1) is 0 Å². The van der Waals surface area contributed by atoms with Crippen molar-refractivity contribution in [3.63, 3.8) is 0 Å². The van der Waals surface area contributed by atoms with Crippen molar-refractivity contribution >= 4 is 21.9 Å². The Kier molecular flexibility index (Phi) is 3.71. The van der Waals surface area contributed by atoms with Crippen LogP contribution < -0.4 is 0 Å². The van der Waals surface area contributed by atoms with Gasteiger partial charge in [-0.25, -0.2) is 4.79 Å². The molecular weight excluding hydrogens is 232 g/mol. The van der Waals surface area contributed by atoms with E-state index in [-0.39, 0.29) is 0 Å². The Hall–Kier alpha value is -1.09. The zero-order valence-electron chi connectivity index (χ0n) is 6.94. The number of hydrogen-bond acceptors (Lipinski definition) is 2. The van der Waals surface area contributed by atoms with E-state index in [2.05, 4.69) is 22.5 Å². The average Bonchev–Trinajstić information content (AvgIpc) is 2.19. The molecule has 0 saturated heterocycles. The van der Waals surface area contributed by atoms with Crippen LogP contribution in [0.15, 0.2) is 43.0 Å². The van der Waals surface area contributed by atoms with Crippen LogP contribution in [-0.4, -0.2) is 5.97 Å². The molecule has 1 rings (SSSR count). The molecule has 68 valence electrons. The van der Waals surface area contributed by atoms with Gasteiger partial charge in [0.1, 0.15) is 0 Å². The number of halogens is 1. The predicted octanol–water partition coefficient (Wildman–Crippen LogP) is 2.81. The van der Waals surface area contributed by atoms with Gasteiger partial charge >= 0.3 is 5.97 Å². The lowest BCUT2D eigenvalue weighted by Gasteiger charge is -2.09. The average molecular weight is 241 g/mol. The molecule has 0 saturated carbocycles. The Morgan fingerprint density at radius 3 is 2.62 bits per heavy atom. The van der Waals surface area contributed by atoms with Crippen LogP contribution in [0, 0.1) is 0 Å². The number of benzene rings is 1. The highest BCUT2D eigenvalue weighted by Gasteiger charge is 2.09. The van der Waals surface area contributed by atoms with Crippen LogP contribution in [-0.2, 0) is 9.53 Å². The van der Waals surface area contributed by atoms with Crippen molar-refractivity contribution in [3.05, 3.63) is 48.6 Å². The topological polar surface area (TPSA) is 26.3 Å². The third-order valence-corrected chi connectivity index (χ3v) is 2.16. The molecule has 0 fully saturated rings. The van der Waals surface area contributed by atoms with E-state index in [9.17, 15) is 4.79 Å². The largest absolute Gasteiger partial charge is 0.443 e. The Labute approximate surface area is 85.3 Å². The summed E-state index contributed by atoms with van der Waals surface area (Å²) in [6.45, 7) is 3.31. The number of rotatable bonds is 3. The zero-order chi connectivity index (χ0) is 9.68. The Bertz CT molecular complexity index is 295. The smallest absolute Gasteiger partial charge is 0.331 e. The minimum absolute atomic E-state index is 0.404. The van der Waals surface area contributed by atoms with E-state index in [1.807, 2.05) is 30.3 Å². The van der Waals surface area contributed by atoms with Crippen molar-refractivity contribution in [1.82, 2.24) is 0 Å². The van der Waals surface area contributed by atoms with Crippen LogP contribution in [0.2, 0.25) is 0 Å². The number of carbonyl (C=O) groups excluding carboxylic acids is 1. The summed E-state index contributed by atoms with van der Waals surface area (Å²) in [5.74, 6) is -0.439. The molecule has 3 heteroatoms. The van der Waals surface area contributed by atoms with Gasteiger partial charge in [0.2, 0.25) is 0 Å². The fourth-order valence-corrected chi connectivity index (χ4v) is 1.31. The van der Waals surface area contributed by atoms with E-state index in [0.717, 1.165) is 11.6 Å². The molecule has 1 aromatic rings. The first-order chi connectivity index (χ1) is 6.24. The van der Waals surface area contributed by atoms with Gasteiger partial charge in [0.25, 0.3) is 0 Å². The lowest BCUT2D eigenvalue weighted by molar-refractivity contribution is -0.139. The van der Waals surface area contributed by atoms with Gasteiger partial charge in [-0.1, -0.05) is 36.9 Å². The lowest BCUT2D eigenvalue weighted by atomic mass is 10.2. The van der Waals surface area contributed by atoms with Gasteiger partial charge in [-0.15, -0.1) is 0 Å². The minimum atomic E-state index is -0.439. The summed E-state index contributed by atoms with van der Waals surface area (Å²) in [6.07, 6.45) is 1.14. The Balaban J connectivity index is 2.63. The summed E-state index contributed by atoms with van der Waals surface area (Å²) < 4.78 is 4.95. The molecule has 0 heterocycles. The van der Waals surface area contributed by atoms with Crippen LogP contribution in [0.5, 0.6) is 0 Å². The van der Waals surface area contributed by atoms with Crippen molar-refractivity contribution < 1.29 is 9.53 Å². The third kappa shape index (κ3) is 3.03. The van der Waals surface area contributed by atoms with Gasteiger partial charge in [0, 0.05) is 11.6 Å². The summed E-state index contributed by atoms with van der Waals surface area (Å²) in [5.41, 5.74) is 0.901. The number of alkyl halides is 1. The fraction of sp³-hybridized carbons (Fsp3) is 0.100. The van der Waals surface area contributed by atoms with Crippen LogP contribution in [0.3, 0.4) is 0 Å². The van der Waals surface area contributed by atoms with Crippen molar-refractivity contribution in [2.24, 2.45) is 0 Å². The SMILES string of the molecule is C=CC(=O)OC(Br)c1ccccc1. The molecule has 1 unspecified atom stereocenters. The van der Waals surface area contributed by atoms with Gasteiger partial charge in [0.15, 0.2) is 5.01 Å². The van der Waals surface area contributed by atoms with E-state index in [1.54, 1.807) is 0 Å². The first-order valence-corrected chi connectivity index (χ1v) is 4.67. The van der Waals surface area contributed by atoms with Gasteiger partial charge < -0.3 is 4.74 Å². The number of carbonyl (C=O) groups is 1. The molecule has 0 aliphatic carbocycles. The van der Waals surface area contributed by atoms with Crippen molar-refractivity contribution in [2.45, 2.75) is 5.01 Å². The van der Waals surface area contributed by atoms with Crippen molar-refractivity contribution in [2.75, 3.05) is 0 Å². The molecule has 0 N–H and O–H groups in total.